The van der Waals surface area contributed by atoms with Crippen LogP contribution < -0.4 is 5.32 Å². The Labute approximate surface area is 215 Å². The number of nitrogens with one attached hydrogen (secondary N) is 1. The minimum atomic E-state index is -0.682. The molecule has 0 aliphatic carbocycles. The molecule has 1 heterocycles. The van der Waals surface area contributed by atoms with Crippen LogP contribution in [0.1, 0.15) is 42.5 Å². The highest BCUT2D eigenvalue weighted by molar-refractivity contribution is 6.30. The summed E-state index contributed by atoms with van der Waals surface area (Å²) in [6, 6.07) is 18.7. The fourth-order valence-corrected chi connectivity index (χ4v) is 4.93. The molecule has 184 valence electrons. The van der Waals surface area contributed by atoms with Gasteiger partial charge in [0.15, 0.2) is 0 Å². The fraction of sp³-hybridized carbons (Fsp3) is 0.321. The Morgan fingerprint density at radius 2 is 1.37 bits per heavy atom. The maximum absolute atomic E-state index is 14.1. The Hall–Kier alpha value is -2.47. The Morgan fingerprint density at radius 3 is 1.83 bits per heavy atom. The van der Waals surface area contributed by atoms with Crippen molar-refractivity contribution in [1.29, 1.82) is 0 Å². The van der Waals surface area contributed by atoms with Crippen LogP contribution in [0.2, 0.25) is 10.0 Å². The van der Waals surface area contributed by atoms with Gasteiger partial charge in [-0.15, -0.1) is 0 Å². The van der Waals surface area contributed by atoms with E-state index >= 15 is 0 Å². The molecule has 3 nitrogen and oxygen atoms in total. The summed E-state index contributed by atoms with van der Waals surface area (Å²) >= 11 is 12.2. The highest BCUT2D eigenvalue weighted by Gasteiger charge is 2.42. The summed E-state index contributed by atoms with van der Waals surface area (Å²) in [5.74, 6) is -2.04. The molecule has 0 radical (unpaired) electrons. The number of nitrogens with zero attached hydrogens (tertiary/aromatic N) is 1. The molecule has 7 heteroatoms. The second kappa shape index (κ2) is 11.1. The fourth-order valence-electron chi connectivity index (χ4n) is 4.68. The largest absolute Gasteiger partial charge is 0.355 e. The van der Waals surface area contributed by atoms with Crippen LogP contribution in [0.25, 0.3) is 0 Å². The molecule has 4 rings (SSSR count). The van der Waals surface area contributed by atoms with E-state index in [1.807, 2.05) is 62.4 Å². The van der Waals surface area contributed by atoms with Crippen molar-refractivity contribution in [3.05, 3.63) is 105 Å². The van der Waals surface area contributed by atoms with Gasteiger partial charge in [-0.2, -0.15) is 0 Å². The van der Waals surface area contributed by atoms with Gasteiger partial charge in [0.05, 0.1) is 12.0 Å². The molecule has 35 heavy (non-hydrogen) atoms. The second-order valence-corrected chi connectivity index (χ2v) is 10.4. The molecule has 1 aliphatic rings. The molecule has 0 bridgehead atoms. The molecular weight excluding hydrogens is 489 g/mol. The molecule has 0 unspecified atom stereocenters. The highest BCUT2D eigenvalue weighted by atomic mass is 35.5. The van der Waals surface area contributed by atoms with Gasteiger partial charge in [0.1, 0.15) is 11.6 Å². The Bertz CT molecular complexity index is 1100. The number of rotatable bonds is 8. The molecular formula is C28H28Cl2F2N2O. The average molecular weight is 517 g/mol. The van der Waals surface area contributed by atoms with Crippen LogP contribution in [0.5, 0.6) is 0 Å². The van der Waals surface area contributed by atoms with Crippen molar-refractivity contribution in [1.82, 2.24) is 10.2 Å². The third-order valence-electron chi connectivity index (χ3n) is 6.36. The molecule has 1 N–H and O–H groups in total. The number of amides is 1. The predicted molar refractivity (Wildman–Crippen MR) is 137 cm³/mol. The van der Waals surface area contributed by atoms with Crippen LogP contribution in [0, 0.1) is 23.5 Å². The van der Waals surface area contributed by atoms with Crippen molar-refractivity contribution >= 4 is 29.1 Å². The lowest BCUT2D eigenvalue weighted by Crippen LogP contribution is -2.53. The normalized spacial score (nSPS) is 15.3. The topological polar surface area (TPSA) is 32.3 Å². The van der Waals surface area contributed by atoms with E-state index in [1.54, 1.807) is 0 Å². The van der Waals surface area contributed by atoms with Crippen LogP contribution >= 0.6 is 23.2 Å². The first-order chi connectivity index (χ1) is 16.7. The Morgan fingerprint density at radius 1 is 0.886 bits per heavy atom. The van der Waals surface area contributed by atoms with Gasteiger partial charge in [-0.3, -0.25) is 9.69 Å². The number of carbonyl (C=O) groups is 1. The van der Waals surface area contributed by atoms with Gasteiger partial charge in [-0.1, -0.05) is 61.3 Å². The number of benzene rings is 3. The smallest absolute Gasteiger partial charge is 0.227 e. The van der Waals surface area contributed by atoms with E-state index in [0.29, 0.717) is 35.2 Å². The van der Waals surface area contributed by atoms with E-state index in [0.717, 1.165) is 17.2 Å². The number of likely N-dealkylation sites (tertiary alicyclic amines) is 1. The van der Waals surface area contributed by atoms with E-state index in [9.17, 15) is 13.6 Å². The van der Waals surface area contributed by atoms with Gasteiger partial charge < -0.3 is 5.32 Å². The molecule has 1 saturated heterocycles. The highest BCUT2D eigenvalue weighted by Crippen LogP contribution is 2.40. The summed E-state index contributed by atoms with van der Waals surface area (Å²) in [7, 11) is 0. The van der Waals surface area contributed by atoms with Crippen molar-refractivity contribution in [2.24, 2.45) is 11.8 Å². The Balaban J connectivity index is 1.61. The summed E-state index contributed by atoms with van der Waals surface area (Å²) < 4.78 is 28.1. The lowest BCUT2D eigenvalue weighted by molar-refractivity contribution is -0.126. The first kappa shape index (κ1) is 25.6. The number of carbonyl (C=O) groups excluding carboxylic acids is 1. The van der Waals surface area contributed by atoms with E-state index in [1.165, 1.54) is 12.1 Å². The monoisotopic (exact) mass is 516 g/mol. The van der Waals surface area contributed by atoms with Gasteiger partial charge in [0, 0.05) is 41.7 Å². The molecule has 0 spiro atoms. The minimum absolute atomic E-state index is 0.0654. The Kier molecular flexibility index (Phi) is 8.10. The minimum Gasteiger partial charge on any atom is -0.355 e. The third-order valence-corrected chi connectivity index (χ3v) is 6.86. The molecule has 1 atom stereocenters. The molecule has 1 fully saturated rings. The standard InChI is InChI=1S/C28H28Cl2F2N2O/c1-17(2)14-33-28(35)26(20-11-24(31)13-25(32)12-20)21-15-34(16-21)27(18-3-7-22(29)8-4-18)19-5-9-23(30)10-6-19/h3-13,17,21,26-27H,14-16H2,1-2H3,(H,33,35)/t26-/m0/s1. The first-order valence-electron chi connectivity index (χ1n) is 11.7. The van der Waals surface area contributed by atoms with Crippen LogP contribution in [0.4, 0.5) is 8.78 Å². The lowest BCUT2D eigenvalue weighted by atomic mass is 9.78. The summed E-state index contributed by atoms with van der Waals surface area (Å²) in [6.45, 7) is 5.69. The van der Waals surface area contributed by atoms with Gasteiger partial charge in [0.2, 0.25) is 5.91 Å². The van der Waals surface area contributed by atoms with Gasteiger partial charge in [-0.05, 0) is 59.0 Å². The van der Waals surface area contributed by atoms with Crippen LogP contribution in [-0.2, 0) is 4.79 Å². The van der Waals surface area contributed by atoms with E-state index in [2.05, 4.69) is 10.2 Å². The summed E-state index contributed by atoms with van der Waals surface area (Å²) in [5.41, 5.74) is 2.49. The van der Waals surface area contributed by atoms with Gasteiger partial charge in [-0.25, -0.2) is 8.78 Å². The maximum atomic E-state index is 14.1. The second-order valence-electron chi connectivity index (χ2n) is 9.54. The molecule has 0 saturated carbocycles. The maximum Gasteiger partial charge on any atom is 0.227 e. The van der Waals surface area contributed by atoms with Crippen molar-refractivity contribution in [3.63, 3.8) is 0 Å². The first-order valence-corrected chi connectivity index (χ1v) is 12.5. The van der Waals surface area contributed by atoms with Gasteiger partial charge in [0.25, 0.3) is 0 Å². The summed E-state index contributed by atoms with van der Waals surface area (Å²) in [6.07, 6.45) is 0. The average Bonchev–Trinajstić information content (AvgIpc) is 2.77. The molecule has 1 amide bonds. The molecule has 1 aliphatic heterocycles. The SMILES string of the molecule is CC(C)CNC(=O)[C@@H](c1cc(F)cc(F)c1)C1CN(C(c2ccc(Cl)cc2)c2ccc(Cl)cc2)C1. The quantitative estimate of drug-likeness (QED) is 0.355. The number of halogens is 4. The number of hydrogen-bond acceptors (Lipinski definition) is 2. The van der Waals surface area contributed by atoms with E-state index in [4.69, 9.17) is 23.2 Å². The van der Waals surface area contributed by atoms with Gasteiger partial charge >= 0.3 is 0 Å². The summed E-state index contributed by atoms with van der Waals surface area (Å²) in [4.78, 5) is 15.5. The molecule has 0 aromatic heterocycles. The zero-order chi connectivity index (χ0) is 25.1. The van der Waals surface area contributed by atoms with Crippen LogP contribution in [0.15, 0.2) is 66.7 Å². The zero-order valence-corrected chi connectivity index (χ0v) is 21.2. The van der Waals surface area contributed by atoms with Crippen molar-refractivity contribution < 1.29 is 13.6 Å². The van der Waals surface area contributed by atoms with Crippen molar-refractivity contribution in [3.8, 4) is 0 Å². The van der Waals surface area contributed by atoms with Crippen LogP contribution in [0.3, 0.4) is 0 Å². The molecule has 3 aromatic rings. The predicted octanol–water partition coefficient (Wildman–Crippen LogP) is 6.85. The lowest BCUT2D eigenvalue weighted by Gasteiger charge is -2.47. The van der Waals surface area contributed by atoms with Crippen molar-refractivity contribution in [2.75, 3.05) is 19.6 Å². The van der Waals surface area contributed by atoms with Crippen LogP contribution in [-0.4, -0.2) is 30.4 Å². The molecule has 3 aromatic carbocycles. The zero-order valence-electron chi connectivity index (χ0n) is 19.6. The summed E-state index contributed by atoms with van der Waals surface area (Å²) in [5, 5.41) is 4.26. The third kappa shape index (κ3) is 6.21. The van der Waals surface area contributed by atoms with E-state index in [-0.39, 0.29) is 23.8 Å². The van der Waals surface area contributed by atoms with E-state index < -0.39 is 17.6 Å². The van der Waals surface area contributed by atoms with Crippen molar-refractivity contribution in [2.45, 2.75) is 25.8 Å². The number of hydrogen-bond donors (Lipinski definition) is 1.